The Morgan fingerprint density at radius 2 is 1.74 bits per heavy atom. The minimum atomic E-state index is -4.04. The first-order chi connectivity index (χ1) is 14.4. The molecule has 3 amide bonds. The fourth-order valence-electron chi connectivity index (χ4n) is 2.62. The van der Waals surface area contributed by atoms with E-state index >= 15 is 0 Å². The van der Waals surface area contributed by atoms with Gasteiger partial charge in [-0.1, -0.05) is 37.0 Å². The fourth-order valence-corrected chi connectivity index (χ4v) is 4.07. The van der Waals surface area contributed by atoms with Crippen molar-refractivity contribution < 1.29 is 22.7 Å². The van der Waals surface area contributed by atoms with Crippen LogP contribution in [0.2, 0.25) is 10.0 Å². The predicted molar refractivity (Wildman–Crippen MR) is 120 cm³/mol. The Kier molecular flexibility index (Phi) is 7.99. The van der Waals surface area contributed by atoms with Crippen molar-refractivity contribution in [2.75, 3.05) is 17.1 Å². The standard InChI is InChI=1S/C19H22Cl2N4O5S/c1-10(2)17(24-19(22)27)18(26)23-11-4-7-16(30-3)15(8-11)25-31(28,29)12-5-6-13(20)14(21)9-12/h4-10,17,25H,1-3H3,(H,23,26)(H3,22,24,27)/t17-/m1/s1. The quantitative estimate of drug-likeness (QED) is 0.450. The Bertz CT molecular complexity index is 1090. The molecule has 9 nitrogen and oxygen atoms in total. The number of halogens is 2. The van der Waals surface area contributed by atoms with E-state index in [0.29, 0.717) is 0 Å². The molecule has 0 bridgehead atoms. The lowest BCUT2D eigenvalue weighted by molar-refractivity contribution is -0.118. The largest absolute Gasteiger partial charge is 0.495 e. The maximum Gasteiger partial charge on any atom is 0.312 e. The van der Waals surface area contributed by atoms with Crippen LogP contribution in [0, 0.1) is 5.92 Å². The highest BCUT2D eigenvalue weighted by atomic mass is 35.5. The lowest BCUT2D eigenvalue weighted by Crippen LogP contribution is -2.49. The number of ether oxygens (including phenoxy) is 1. The molecule has 2 aromatic rings. The number of benzene rings is 2. The number of carbonyl (C=O) groups excluding carboxylic acids is 2. The Morgan fingerprint density at radius 3 is 2.29 bits per heavy atom. The van der Waals surface area contributed by atoms with Crippen LogP contribution in [0.25, 0.3) is 0 Å². The zero-order valence-corrected chi connectivity index (χ0v) is 19.2. The minimum absolute atomic E-state index is 0.0790. The molecule has 0 fully saturated rings. The summed E-state index contributed by atoms with van der Waals surface area (Å²) in [7, 11) is -2.66. The van der Waals surface area contributed by atoms with Crippen LogP contribution in [0.4, 0.5) is 16.2 Å². The molecule has 168 valence electrons. The number of urea groups is 1. The second kappa shape index (κ2) is 10.1. The number of nitrogens with one attached hydrogen (secondary N) is 3. The van der Waals surface area contributed by atoms with Gasteiger partial charge < -0.3 is 21.1 Å². The first kappa shape index (κ1) is 24.6. The third-order valence-electron chi connectivity index (χ3n) is 4.16. The van der Waals surface area contributed by atoms with Gasteiger partial charge in [0, 0.05) is 5.69 Å². The summed E-state index contributed by atoms with van der Waals surface area (Å²) in [4.78, 5) is 23.6. The van der Waals surface area contributed by atoms with Crippen molar-refractivity contribution in [1.29, 1.82) is 0 Å². The second-order valence-corrected chi connectivity index (χ2v) is 9.31. The molecule has 2 aromatic carbocycles. The third-order valence-corrected chi connectivity index (χ3v) is 6.26. The Hall–Kier alpha value is -2.69. The van der Waals surface area contributed by atoms with Gasteiger partial charge in [-0.05, 0) is 42.3 Å². The monoisotopic (exact) mass is 488 g/mol. The van der Waals surface area contributed by atoms with Crippen LogP contribution < -0.4 is 25.8 Å². The van der Waals surface area contributed by atoms with E-state index in [-0.39, 0.29) is 38.0 Å². The summed E-state index contributed by atoms with van der Waals surface area (Å²) < 4.78 is 33.1. The van der Waals surface area contributed by atoms with Crippen molar-refractivity contribution >= 4 is 56.5 Å². The summed E-state index contributed by atoms with van der Waals surface area (Å²) in [5, 5.41) is 5.30. The van der Waals surface area contributed by atoms with Gasteiger partial charge in [0.1, 0.15) is 11.8 Å². The highest BCUT2D eigenvalue weighted by Crippen LogP contribution is 2.31. The van der Waals surface area contributed by atoms with Crippen molar-refractivity contribution in [3.63, 3.8) is 0 Å². The molecule has 0 aromatic heterocycles. The number of anilines is 2. The molecule has 0 aliphatic carbocycles. The molecular formula is C19H22Cl2N4O5S. The summed E-state index contributed by atoms with van der Waals surface area (Å²) >= 11 is 11.8. The van der Waals surface area contributed by atoms with Crippen molar-refractivity contribution in [1.82, 2.24) is 5.32 Å². The first-order valence-electron chi connectivity index (χ1n) is 8.97. The Balaban J connectivity index is 2.32. The highest BCUT2D eigenvalue weighted by Gasteiger charge is 2.24. The van der Waals surface area contributed by atoms with Crippen molar-refractivity contribution in [2.45, 2.75) is 24.8 Å². The van der Waals surface area contributed by atoms with Crippen LogP contribution in [0.3, 0.4) is 0 Å². The molecule has 12 heteroatoms. The molecule has 0 radical (unpaired) electrons. The van der Waals surface area contributed by atoms with Crippen LogP contribution in [0.15, 0.2) is 41.3 Å². The van der Waals surface area contributed by atoms with Crippen molar-refractivity contribution in [3.8, 4) is 5.75 Å². The Labute approximate surface area is 190 Å². The van der Waals surface area contributed by atoms with Gasteiger partial charge in [0.25, 0.3) is 10.0 Å². The SMILES string of the molecule is COc1ccc(NC(=O)[C@H](NC(N)=O)C(C)C)cc1NS(=O)(=O)c1ccc(Cl)c(Cl)c1. The predicted octanol–water partition coefficient (Wildman–Crippen LogP) is 3.43. The van der Waals surface area contributed by atoms with E-state index in [4.69, 9.17) is 33.7 Å². The normalized spacial score (nSPS) is 12.2. The molecule has 5 N–H and O–H groups in total. The smallest absolute Gasteiger partial charge is 0.312 e. The van der Waals surface area contributed by atoms with E-state index in [9.17, 15) is 18.0 Å². The molecule has 0 saturated heterocycles. The number of amides is 3. The lowest BCUT2D eigenvalue weighted by atomic mass is 10.0. The van der Waals surface area contributed by atoms with E-state index in [0.717, 1.165) is 0 Å². The number of rotatable bonds is 8. The van der Waals surface area contributed by atoms with E-state index in [1.54, 1.807) is 13.8 Å². The number of methoxy groups -OCH3 is 1. The topological polar surface area (TPSA) is 140 Å². The van der Waals surface area contributed by atoms with Gasteiger partial charge in [-0.2, -0.15) is 0 Å². The molecule has 2 rings (SSSR count). The third kappa shape index (κ3) is 6.39. The summed E-state index contributed by atoms with van der Waals surface area (Å²) in [6.45, 7) is 3.48. The van der Waals surface area contributed by atoms with Crippen LogP contribution in [0.1, 0.15) is 13.8 Å². The molecule has 31 heavy (non-hydrogen) atoms. The first-order valence-corrected chi connectivity index (χ1v) is 11.2. The van der Waals surface area contributed by atoms with E-state index in [2.05, 4.69) is 15.4 Å². The molecular weight excluding hydrogens is 467 g/mol. The van der Waals surface area contributed by atoms with Crippen LogP contribution in [0.5, 0.6) is 5.75 Å². The molecule has 0 heterocycles. The zero-order valence-electron chi connectivity index (χ0n) is 16.9. The maximum atomic E-state index is 12.8. The van der Waals surface area contributed by atoms with E-state index in [1.165, 1.54) is 43.5 Å². The number of nitrogens with two attached hydrogens (primary N) is 1. The molecule has 0 aliphatic heterocycles. The van der Waals surface area contributed by atoms with Crippen molar-refractivity contribution in [3.05, 3.63) is 46.4 Å². The second-order valence-electron chi connectivity index (χ2n) is 6.82. The van der Waals surface area contributed by atoms with E-state index < -0.39 is 28.0 Å². The van der Waals surface area contributed by atoms with Crippen LogP contribution >= 0.6 is 23.2 Å². The average Bonchev–Trinajstić information content (AvgIpc) is 2.67. The van der Waals surface area contributed by atoms with Gasteiger partial charge in [0.15, 0.2) is 0 Å². The number of hydrogen-bond donors (Lipinski definition) is 4. The Morgan fingerprint density at radius 1 is 1.06 bits per heavy atom. The van der Waals surface area contributed by atoms with Gasteiger partial charge in [0.05, 0.1) is 27.7 Å². The van der Waals surface area contributed by atoms with Gasteiger partial charge in [-0.3, -0.25) is 9.52 Å². The fraction of sp³-hybridized carbons (Fsp3) is 0.263. The lowest BCUT2D eigenvalue weighted by Gasteiger charge is -2.21. The van der Waals surface area contributed by atoms with Crippen molar-refractivity contribution in [2.24, 2.45) is 11.7 Å². The summed E-state index contributed by atoms with van der Waals surface area (Å²) in [5.74, 6) is -0.534. The number of primary amides is 1. The van der Waals surface area contributed by atoms with Crippen LogP contribution in [-0.4, -0.2) is 33.5 Å². The molecule has 0 spiro atoms. The summed E-state index contributed by atoms with van der Waals surface area (Å²) in [6.07, 6.45) is 0. The molecule has 1 atom stereocenters. The van der Waals surface area contributed by atoms with Crippen LogP contribution in [-0.2, 0) is 14.8 Å². The average molecular weight is 489 g/mol. The van der Waals surface area contributed by atoms with Gasteiger partial charge >= 0.3 is 6.03 Å². The molecule has 0 saturated carbocycles. The highest BCUT2D eigenvalue weighted by molar-refractivity contribution is 7.92. The van der Waals surface area contributed by atoms with Gasteiger partial charge in [0.2, 0.25) is 5.91 Å². The minimum Gasteiger partial charge on any atom is -0.495 e. The maximum absolute atomic E-state index is 12.8. The number of carbonyl (C=O) groups is 2. The number of sulfonamides is 1. The zero-order chi connectivity index (χ0) is 23.3. The van der Waals surface area contributed by atoms with Gasteiger partial charge in [-0.15, -0.1) is 0 Å². The number of hydrogen-bond acceptors (Lipinski definition) is 5. The molecule has 0 aliphatic rings. The molecule has 0 unspecified atom stereocenters. The summed E-state index contributed by atoms with van der Waals surface area (Å²) in [6, 6.07) is 6.56. The summed E-state index contributed by atoms with van der Waals surface area (Å²) in [5.41, 5.74) is 5.48. The van der Waals surface area contributed by atoms with E-state index in [1.807, 2.05) is 0 Å². The van der Waals surface area contributed by atoms with Gasteiger partial charge in [-0.25, -0.2) is 13.2 Å².